The Morgan fingerprint density at radius 1 is 1.35 bits per heavy atom. The normalized spacial score (nSPS) is 17.7. The number of carbonyl (C=O) groups excluding carboxylic acids is 1. The standard InChI is InChI=1S/C16H20N2O3S2/c1-17(2)12-7-5-11(6-8-12)10-13-15(21)18(16(22)23-13)9-3-4-14(19)20/h5-8,13H,3-4,9-10H2,1-2H3,(H,19,20). The third-order valence-corrected chi connectivity index (χ3v) is 5.24. The van der Waals surface area contributed by atoms with E-state index in [1.165, 1.54) is 11.8 Å². The average Bonchev–Trinajstić information content (AvgIpc) is 2.75. The molecular weight excluding hydrogens is 332 g/mol. The molecule has 0 saturated carbocycles. The first-order valence-electron chi connectivity index (χ1n) is 7.38. The van der Waals surface area contributed by atoms with Crippen LogP contribution in [0.2, 0.25) is 0 Å². The molecule has 1 aromatic rings. The van der Waals surface area contributed by atoms with Crippen molar-refractivity contribution in [3.63, 3.8) is 0 Å². The maximum absolute atomic E-state index is 12.4. The topological polar surface area (TPSA) is 60.9 Å². The van der Waals surface area contributed by atoms with Gasteiger partial charge in [-0.15, -0.1) is 0 Å². The van der Waals surface area contributed by atoms with Crippen LogP contribution in [0.25, 0.3) is 0 Å². The Bertz CT molecular complexity index is 602. The van der Waals surface area contributed by atoms with Crippen LogP contribution in [0.5, 0.6) is 0 Å². The highest BCUT2D eigenvalue weighted by Gasteiger charge is 2.36. The number of hydrogen-bond acceptors (Lipinski definition) is 5. The lowest BCUT2D eigenvalue weighted by atomic mass is 10.1. The van der Waals surface area contributed by atoms with Crippen LogP contribution in [0, 0.1) is 0 Å². The molecular formula is C16H20N2O3S2. The Morgan fingerprint density at radius 2 is 2.00 bits per heavy atom. The summed E-state index contributed by atoms with van der Waals surface area (Å²) in [4.78, 5) is 26.6. The molecule has 1 aliphatic rings. The van der Waals surface area contributed by atoms with Gasteiger partial charge in [-0.25, -0.2) is 0 Å². The highest BCUT2D eigenvalue weighted by Crippen LogP contribution is 2.30. The number of anilines is 1. The summed E-state index contributed by atoms with van der Waals surface area (Å²) < 4.78 is 0.551. The zero-order valence-electron chi connectivity index (χ0n) is 13.2. The summed E-state index contributed by atoms with van der Waals surface area (Å²) in [6.45, 7) is 0.382. The van der Waals surface area contributed by atoms with Crippen molar-refractivity contribution < 1.29 is 14.7 Å². The maximum atomic E-state index is 12.4. The van der Waals surface area contributed by atoms with E-state index in [0.717, 1.165) is 11.3 Å². The van der Waals surface area contributed by atoms with Gasteiger partial charge in [0.05, 0.1) is 5.25 Å². The minimum atomic E-state index is -0.854. The molecule has 2 rings (SSSR count). The SMILES string of the molecule is CN(C)c1ccc(CC2SC(=S)N(CCCC(=O)O)C2=O)cc1. The molecule has 1 aromatic carbocycles. The first kappa shape index (κ1) is 17.7. The van der Waals surface area contributed by atoms with Crippen molar-refractivity contribution in [2.24, 2.45) is 0 Å². The molecule has 0 aliphatic carbocycles. The summed E-state index contributed by atoms with van der Waals surface area (Å²) in [6.07, 6.45) is 1.10. The lowest BCUT2D eigenvalue weighted by Gasteiger charge is -2.15. The van der Waals surface area contributed by atoms with Crippen LogP contribution < -0.4 is 4.90 Å². The molecule has 23 heavy (non-hydrogen) atoms. The lowest BCUT2D eigenvalue weighted by Crippen LogP contribution is -2.33. The lowest BCUT2D eigenvalue weighted by molar-refractivity contribution is -0.137. The highest BCUT2D eigenvalue weighted by atomic mass is 32.2. The van der Waals surface area contributed by atoms with Gasteiger partial charge in [-0.1, -0.05) is 36.1 Å². The molecule has 0 spiro atoms. The van der Waals surface area contributed by atoms with Gasteiger partial charge in [0.15, 0.2) is 0 Å². The molecule has 1 atom stereocenters. The van der Waals surface area contributed by atoms with Gasteiger partial charge in [-0.2, -0.15) is 0 Å². The van der Waals surface area contributed by atoms with E-state index in [1.807, 2.05) is 43.3 Å². The second kappa shape index (κ2) is 7.79. The van der Waals surface area contributed by atoms with Gasteiger partial charge in [0.2, 0.25) is 5.91 Å². The van der Waals surface area contributed by atoms with Gasteiger partial charge in [0, 0.05) is 32.7 Å². The molecule has 0 aromatic heterocycles. The third-order valence-electron chi connectivity index (χ3n) is 3.65. The molecule has 1 heterocycles. The average molecular weight is 352 g/mol. The number of thiocarbonyl (C=S) groups is 1. The van der Waals surface area contributed by atoms with Gasteiger partial charge in [-0.05, 0) is 30.5 Å². The van der Waals surface area contributed by atoms with E-state index in [2.05, 4.69) is 0 Å². The van der Waals surface area contributed by atoms with E-state index in [4.69, 9.17) is 17.3 Å². The molecule has 124 valence electrons. The largest absolute Gasteiger partial charge is 0.481 e. The summed E-state index contributed by atoms with van der Waals surface area (Å²) >= 11 is 6.65. The van der Waals surface area contributed by atoms with Crippen molar-refractivity contribution in [3.8, 4) is 0 Å². The van der Waals surface area contributed by atoms with Gasteiger partial charge < -0.3 is 10.0 Å². The molecule has 0 radical (unpaired) electrons. The van der Waals surface area contributed by atoms with E-state index in [-0.39, 0.29) is 17.6 Å². The van der Waals surface area contributed by atoms with E-state index in [0.29, 0.717) is 23.7 Å². The fraction of sp³-hybridized carbons (Fsp3) is 0.438. The van der Waals surface area contributed by atoms with Gasteiger partial charge >= 0.3 is 5.97 Å². The molecule has 1 aliphatic heterocycles. The fourth-order valence-electron chi connectivity index (χ4n) is 2.36. The second-order valence-electron chi connectivity index (χ2n) is 5.62. The quantitative estimate of drug-likeness (QED) is 0.761. The molecule has 7 heteroatoms. The number of aliphatic carboxylic acids is 1. The molecule has 1 fully saturated rings. The van der Waals surface area contributed by atoms with Crippen LogP contribution in [-0.4, -0.2) is 52.1 Å². The minimum Gasteiger partial charge on any atom is -0.481 e. The maximum Gasteiger partial charge on any atom is 0.303 e. The van der Waals surface area contributed by atoms with Crippen molar-refractivity contribution in [1.82, 2.24) is 4.90 Å². The Kier molecular flexibility index (Phi) is 6.01. The predicted octanol–water partition coefficient (Wildman–Crippen LogP) is 2.39. The summed E-state index contributed by atoms with van der Waals surface area (Å²) in [7, 11) is 3.97. The molecule has 1 amide bonds. The molecule has 0 bridgehead atoms. The van der Waals surface area contributed by atoms with Crippen LogP contribution in [-0.2, 0) is 16.0 Å². The third kappa shape index (κ3) is 4.68. The van der Waals surface area contributed by atoms with Crippen molar-refractivity contribution in [3.05, 3.63) is 29.8 Å². The summed E-state index contributed by atoms with van der Waals surface area (Å²) in [5.74, 6) is -0.866. The van der Waals surface area contributed by atoms with E-state index in [9.17, 15) is 9.59 Å². The number of nitrogens with zero attached hydrogens (tertiary/aromatic N) is 2. The van der Waals surface area contributed by atoms with Gasteiger partial charge in [-0.3, -0.25) is 14.5 Å². The number of hydrogen-bond donors (Lipinski definition) is 1. The first-order chi connectivity index (χ1) is 10.9. The van der Waals surface area contributed by atoms with Crippen LogP contribution >= 0.6 is 24.0 Å². The summed E-state index contributed by atoms with van der Waals surface area (Å²) in [6, 6.07) is 8.11. The van der Waals surface area contributed by atoms with Crippen molar-refractivity contribution >= 4 is 45.9 Å². The number of amides is 1. The number of benzene rings is 1. The van der Waals surface area contributed by atoms with Crippen molar-refractivity contribution in [1.29, 1.82) is 0 Å². The minimum absolute atomic E-state index is 0.0120. The van der Waals surface area contributed by atoms with Crippen LogP contribution in [0.4, 0.5) is 5.69 Å². The number of thioether (sulfide) groups is 1. The van der Waals surface area contributed by atoms with Crippen LogP contribution in [0.1, 0.15) is 18.4 Å². The van der Waals surface area contributed by atoms with Gasteiger partial charge in [0.25, 0.3) is 0 Å². The number of carboxylic acid groups (broad SMARTS) is 1. The summed E-state index contributed by atoms with van der Waals surface area (Å²) in [5.41, 5.74) is 2.21. The highest BCUT2D eigenvalue weighted by molar-refractivity contribution is 8.24. The Labute approximate surface area is 145 Å². The van der Waals surface area contributed by atoms with Crippen LogP contribution in [0.3, 0.4) is 0 Å². The van der Waals surface area contributed by atoms with E-state index < -0.39 is 5.97 Å². The molecule has 5 nitrogen and oxygen atoms in total. The first-order valence-corrected chi connectivity index (χ1v) is 8.67. The molecule has 1 unspecified atom stereocenters. The van der Waals surface area contributed by atoms with Gasteiger partial charge in [0.1, 0.15) is 4.32 Å². The van der Waals surface area contributed by atoms with Crippen LogP contribution in [0.15, 0.2) is 24.3 Å². The number of rotatable bonds is 7. The predicted molar refractivity (Wildman–Crippen MR) is 97.0 cm³/mol. The Hall–Kier alpha value is -1.60. The summed E-state index contributed by atoms with van der Waals surface area (Å²) in [5, 5.41) is 8.47. The van der Waals surface area contributed by atoms with Crippen molar-refractivity contribution in [2.75, 3.05) is 25.5 Å². The van der Waals surface area contributed by atoms with Crippen molar-refractivity contribution in [2.45, 2.75) is 24.5 Å². The molecule has 1 saturated heterocycles. The Balaban J connectivity index is 1.94. The Morgan fingerprint density at radius 3 is 2.57 bits per heavy atom. The van der Waals surface area contributed by atoms with E-state index >= 15 is 0 Å². The second-order valence-corrected chi connectivity index (χ2v) is 7.46. The number of carboxylic acids is 1. The zero-order chi connectivity index (χ0) is 17.0. The zero-order valence-corrected chi connectivity index (χ0v) is 14.8. The monoisotopic (exact) mass is 352 g/mol. The smallest absolute Gasteiger partial charge is 0.303 e. The molecule has 1 N–H and O–H groups in total. The number of carbonyl (C=O) groups is 2. The fourth-order valence-corrected chi connectivity index (χ4v) is 3.95. The van der Waals surface area contributed by atoms with E-state index in [1.54, 1.807) is 4.90 Å².